The summed E-state index contributed by atoms with van der Waals surface area (Å²) in [4.78, 5) is 12.4. The van der Waals surface area contributed by atoms with E-state index in [9.17, 15) is 15.0 Å². The topological polar surface area (TPSA) is 153 Å². The van der Waals surface area contributed by atoms with Gasteiger partial charge in [-0.15, -0.1) is 0 Å². The second-order valence-corrected chi connectivity index (χ2v) is 45.1. The Morgan fingerprint density at radius 1 is 0.756 bits per heavy atom. The molecule has 82 heavy (non-hydrogen) atoms. The number of carbonyl (C=O) groups is 1. The molecule has 6 fully saturated rings. The number of alkyl carbamates (subject to hydrolysis) is 1. The van der Waals surface area contributed by atoms with Gasteiger partial charge in [0.2, 0.25) is 0 Å². The van der Waals surface area contributed by atoms with E-state index in [0.717, 1.165) is 61.7 Å². The van der Waals surface area contributed by atoms with Gasteiger partial charge in [-0.05, 0) is 150 Å². The molecular formula is C65H110INO12Si3. The zero-order chi connectivity index (χ0) is 60.5. The summed E-state index contributed by atoms with van der Waals surface area (Å²) < 4.78 is 66.5. The van der Waals surface area contributed by atoms with Gasteiger partial charge in [-0.2, -0.15) is 0 Å². The third kappa shape index (κ3) is 16.3. The van der Waals surface area contributed by atoms with Crippen molar-refractivity contribution in [2.24, 2.45) is 17.8 Å². The summed E-state index contributed by atoms with van der Waals surface area (Å²) in [7, 11) is -7.31. The van der Waals surface area contributed by atoms with Gasteiger partial charge in [-0.1, -0.05) is 142 Å². The molecule has 19 atom stereocenters. The lowest BCUT2D eigenvalue weighted by Gasteiger charge is -2.56. The largest absolute Gasteiger partial charge is 0.444 e. The third-order valence-corrected chi connectivity index (χ3v) is 34.9. The maximum absolute atomic E-state index is 13.3. The van der Waals surface area contributed by atoms with E-state index in [1.54, 1.807) is 0 Å². The molecule has 6 aliphatic heterocycles. The van der Waals surface area contributed by atoms with Crippen LogP contribution in [0.1, 0.15) is 158 Å². The number of halogens is 1. The summed E-state index contributed by atoms with van der Waals surface area (Å²) in [5, 5.41) is 25.4. The van der Waals surface area contributed by atoms with Crippen LogP contribution in [0.5, 0.6) is 0 Å². The van der Waals surface area contributed by atoms with Crippen LogP contribution >= 0.6 is 22.6 Å². The number of nitrogens with one attached hydrogen (secondary N) is 1. The number of amides is 1. The lowest BCUT2D eigenvalue weighted by Crippen LogP contribution is -2.69. The third-order valence-electron chi connectivity index (χ3n) is 21.0. The first-order valence-electron chi connectivity index (χ1n) is 31.4. The van der Waals surface area contributed by atoms with Crippen molar-refractivity contribution < 1.29 is 56.7 Å². The van der Waals surface area contributed by atoms with Crippen LogP contribution in [0.25, 0.3) is 0 Å². The number of ether oxygens (including phenoxy) is 6. The first-order chi connectivity index (χ1) is 38.1. The number of aliphatic hydroxyl groups excluding tert-OH is 2. The smallest absolute Gasteiger partial charge is 0.407 e. The van der Waals surface area contributed by atoms with E-state index in [4.69, 9.17) is 41.7 Å². The van der Waals surface area contributed by atoms with Crippen molar-refractivity contribution in [1.82, 2.24) is 5.32 Å². The summed E-state index contributed by atoms with van der Waals surface area (Å²) in [5.74, 6) is -0.253. The Hall–Kier alpha value is -1.31. The number of fused-ring (bicyclic) bond motifs is 1. The lowest BCUT2D eigenvalue weighted by atomic mass is 9.70. The number of benzene rings is 1. The zero-order valence-electron chi connectivity index (χ0n) is 53.5. The molecule has 4 unspecified atom stereocenters. The van der Waals surface area contributed by atoms with Crippen molar-refractivity contribution in [3.63, 3.8) is 0 Å². The summed E-state index contributed by atoms with van der Waals surface area (Å²) in [5.41, 5.74) is 3.25. The van der Waals surface area contributed by atoms with E-state index in [2.05, 4.69) is 191 Å². The monoisotopic (exact) mass is 1310 g/mol. The highest BCUT2D eigenvalue weighted by atomic mass is 127. The van der Waals surface area contributed by atoms with Crippen LogP contribution < -0.4 is 5.32 Å². The molecule has 0 radical (unpaired) electrons. The molecule has 0 bridgehead atoms. The fourth-order valence-corrected chi connectivity index (χ4v) is 17.2. The maximum atomic E-state index is 13.3. The number of cyclic esters (lactones) is 1. The molecule has 6 aliphatic rings. The van der Waals surface area contributed by atoms with Crippen LogP contribution in [0.15, 0.2) is 64.8 Å². The minimum absolute atomic E-state index is 0.00643. The van der Waals surface area contributed by atoms with Crippen molar-refractivity contribution >= 4 is 53.6 Å². The van der Waals surface area contributed by atoms with Crippen molar-refractivity contribution in [2.45, 2.75) is 299 Å². The highest BCUT2D eigenvalue weighted by molar-refractivity contribution is 14.1. The van der Waals surface area contributed by atoms with Crippen LogP contribution in [-0.4, -0.2) is 146 Å². The SMILES string of the molecule is C=C1C[C@H](CCCO)O[C@H]1CC[C@H]1C[C@@H](C)C(=C)[C@@H](C[C@@H]2O[C@H](C[C@H]3CNC(=O)O3)[C@H](C)[C@H]2C(c2ccccc2)C(O)CC2CCC3O[C@@H]([C@H](/C=C/I)O[Si](C)(C)C(C)(C)C)[C@@H](O[Si](C)(C)C(C)(C)C)[C@@H](O[Si](C)(C)C(C)(C)C)[C@H]3O2)O1. The predicted octanol–water partition coefficient (Wildman–Crippen LogP) is 14.5. The van der Waals surface area contributed by atoms with E-state index < -0.39 is 61.6 Å². The van der Waals surface area contributed by atoms with Gasteiger partial charge in [0.05, 0.1) is 67.6 Å². The number of rotatable bonds is 23. The van der Waals surface area contributed by atoms with Gasteiger partial charge in [0, 0.05) is 31.8 Å². The van der Waals surface area contributed by atoms with E-state index in [1.807, 2.05) is 6.07 Å². The molecule has 3 N–H and O–H groups in total. The van der Waals surface area contributed by atoms with Crippen LogP contribution in [-0.2, 0) is 41.7 Å². The Balaban J connectivity index is 1.20. The fourth-order valence-electron chi connectivity index (χ4n) is 12.9. The molecule has 1 aromatic carbocycles. The zero-order valence-corrected chi connectivity index (χ0v) is 58.6. The molecule has 0 saturated carbocycles. The number of carbonyl (C=O) groups excluding carboxylic acids is 1. The minimum Gasteiger partial charge on any atom is -0.444 e. The Bertz CT molecular complexity index is 2300. The average molecular weight is 1310 g/mol. The Labute approximate surface area is 512 Å². The number of aliphatic hydroxyl groups is 2. The molecule has 1 amide bonds. The average Bonchev–Trinajstić information content (AvgIpc) is 1.86. The van der Waals surface area contributed by atoms with Gasteiger partial charge in [0.15, 0.2) is 25.0 Å². The minimum atomic E-state index is -2.50. The molecule has 466 valence electrons. The van der Waals surface area contributed by atoms with Gasteiger partial charge in [0.25, 0.3) is 0 Å². The summed E-state index contributed by atoms with van der Waals surface area (Å²) in [6.07, 6.45) is 4.98. The van der Waals surface area contributed by atoms with Crippen LogP contribution in [0.4, 0.5) is 4.79 Å². The van der Waals surface area contributed by atoms with Gasteiger partial charge >= 0.3 is 6.09 Å². The molecule has 0 spiro atoms. The highest BCUT2D eigenvalue weighted by Gasteiger charge is 2.59. The molecule has 6 heterocycles. The van der Waals surface area contributed by atoms with Gasteiger partial charge in [0.1, 0.15) is 30.5 Å². The second-order valence-electron chi connectivity index (χ2n) is 30.1. The van der Waals surface area contributed by atoms with Gasteiger partial charge < -0.3 is 57.2 Å². The summed E-state index contributed by atoms with van der Waals surface area (Å²) in [6, 6.07) is 10.5. The Morgan fingerprint density at radius 2 is 1.39 bits per heavy atom. The normalized spacial score (nSPS) is 34.7. The Kier molecular flexibility index (Phi) is 23.0. The molecule has 6 saturated heterocycles. The van der Waals surface area contributed by atoms with Crippen molar-refractivity contribution in [3.05, 3.63) is 70.4 Å². The molecular weight excluding hydrogens is 1200 g/mol. The standard InChI is InChI=1S/C65H110INO12Si3/c1-40-34-46(27-29-50-41(2)35-45(71-50)26-23-33-68)72-54(42(40)3)38-55-56(43(4)53(75-55)37-48-39-67-62(70)74-48)57(44-24-21-20-22-25-44)49(69)36-47-28-30-51-58(73-47)60(78-81(16,17)64(8,9)10)61(79-82(18,19)65(11,12)13)59(76-51)52(31-32-66)77-80(14,15)63(5,6)7/h20-22,24-25,31-32,40,43,45-61,68-69H,2-3,23,26-30,33-39H2,1,4-19H3,(H,67,70)/b32-31+/t40-,43+,45+,46+,47?,48+,49?,50+,51?,52+,53-,54-,55+,56-,57?,58+,59+,60+,61-/m1/s1. The van der Waals surface area contributed by atoms with Crippen molar-refractivity contribution in [2.75, 3.05) is 13.2 Å². The number of hydrogen-bond donors (Lipinski definition) is 3. The second kappa shape index (κ2) is 27.6. The van der Waals surface area contributed by atoms with E-state index in [-0.39, 0.29) is 106 Å². The highest BCUT2D eigenvalue weighted by Crippen LogP contribution is 2.51. The number of hydrogen-bond acceptors (Lipinski definition) is 12. The van der Waals surface area contributed by atoms with Gasteiger partial charge in [-0.3, -0.25) is 0 Å². The molecule has 13 nitrogen and oxygen atoms in total. The molecule has 7 rings (SSSR count). The predicted molar refractivity (Wildman–Crippen MR) is 344 cm³/mol. The fraction of sp³-hybridized carbons (Fsp3) is 0.800. The molecule has 1 aromatic rings. The first kappa shape index (κ1) is 68.2. The molecule has 17 heteroatoms. The van der Waals surface area contributed by atoms with E-state index in [0.29, 0.717) is 32.2 Å². The Morgan fingerprint density at radius 3 is 1.99 bits per heavy atom. The van der Waals surface area contributed by atoms with Gasteiger partial charge in [-0.25, -0.2) is 4.79 Å². The summed E-state index contributed by atoms with van der Waals surface area (Å²) >= 11 is 2.32. The van der Waals surface area contributed by atoms with E-state index in [1.165, 1.54) is 0 Å². The van der Waals surface area contributed by atoms with Crippen molar-refractivity contribution in [1.29, 1.82) is 0 Å². The maximum Gasteiger partial charge on any atom is 0.407 e. The molecule has 0 aliphatic carbocycles. The quantitative estimate of drug-likeness (QED) is 0.0543. The van der Waals surface area contributed by atoms with Crippen LogP contribution in [0.2, 0.25) is 54.4 Å². The molecule has 0 aromatic heterocycles. The van der Waals surface area contributed by atoms with Crippen molar-refractivity contribution in [3.8, 4) is 0 Å². The first-order valence-corrected chi connectivity index (χ1v) is 41.3. The lowest BCUT2D eigenvalue weighted by molar-refractivity contribution is -0.268. The van der Waals surface area contributed by atoms with Crippen LogP contribution in [0.3, 0.4) is 0 Å². The summed E-state index contributed by atoms with van der Waals surface area (Å²) in [6.45, 7) is 48.7. The van der Waals surface area contributed by atoms with E-state index >= 15 is 0 Å². The van der Waals surface area contributed by atoms with Crippen LogP contribution in [0, 0.1) is 17.8 Å².